The summed E-state index contributed by atoms with van der Waals surface area (Å²) in [6, 6.07) is 6.34. The molecule has 0 saturated carbocycles. The van der Waals surface area contributed by atoms with Crippen molar-refractivity contribution in [1.29, 1.82) is 0 Å². The smallest absolute Gasteiger partial charge is 0.227 e. The number of carbonyl (C=O) groups is 2. The van der Waals surface area contributed by atoms with Crippen LogP contribution < -0.4 is 0 Å². The lowest BCUT2D eigenvalue weighted by atomic mass is 9.96. The van der Waals surface area contributed by atoms with Crippen molar-refractivity contribution in [2.75, 3.05) is 6.54 Å². The van der Waals surface area contributed by atoms with Gasteiger partial charge in [-0.3, -0.25) is 9.59 Å². The lowest BCUT2D eigenvalue weighted by molar-refractivity contribution is -0.135. The molecule has 1 atom stereocenters. The van der Waals surface area contributed by atoms with E-state index in [-0.39, 0.29) is 17.7 Å². The Kier molecular flexibility index (Phi) is 5.16. The van der Waals surface area contributed by atoms with E-state index >= 15 is 0 Å². The molecule has 0 radical (unpaired) electrons. The molecule has 1 fully saturated rings. The van der Waals surface area contributed by atoms with E-state index in [4.69, 9.17) is 0 Å². The maximum atomic E-state index is 12.6. The summed E-state index contributed by atoms with van der Waals surface area (Å²) in [6.45, 7) is 6.50. The SMILES string of the molecule is CC(=O)CC1CCCCN1C(=O)Cc1cc(C)ccc1C. The van der Waals surface area contributed by atoms with Crippen molar-refractivity contribution >= 4 is 11.7 Å². The van der Waals surface area contributed by atoms with Crippen molar-refractivity contribution in [2.45, 2.75) is 58.9 Å². The van der Waals surface area contributed by atoms with Crippen LogP contribution in [-0.2, 0) is 16.0 Å². The number of amides is 1. The molecule has 3 nitrogen and oxygen atoms in total. The van der Waals surface area contributed by atoms with Gasteiger partial charge in [0.15, 0.2) is 0 Å². The largest absolute Gasteiger partial charge is 0.339 e. The minimum absolute atomic E-state index is 0.105. The maximum Gasteiger partial charge on any atom is 0.227 e. The van der Waals surface area contributed by atoms with Gasteiger partial charge in [-0.05, 0) is 51.2 Å². The van der Waals surface area contributed by atoms with E-state index in [9.17, 15) is 9.59 Å². The number of piperidine rings is 1. The summed E-state index contributed by atoms with van der Waals surface area (Å²) < 4.78 is 0. The van der Waals surface area contributed by atoms with Crippen LogP contribution in [0.3, 0.4) is 0 Å². The predicted molar refractivity (Wildman–Crippen MR) is 84.3 cm³/mol. The van der Waals surface area contributed by atoms with Crippen molar-refractivity contribution in [3.05, 3.63) is 34.9 Å². The Morgan fingerprint density at radius 3 is 2.71 bits per heavy atom. The number of hydrogen-bond acceptors (Lipinski definition) is 2. The van der Waals surface area contributed by atoms with Gasteiger partial charge in [0.05, 0.1) is 6.42 Å². The summed E-state index contributed by atoms with van der Waals surface area (Å²) in [7, 11) is 0. The summed E-state index contributed by atoms with van der Waals surface area (Å²) in [4.78, 5) is 26.0. The molecule has 2 rings (SSSR count). The van der Waals surface area contributed by atoms with Crippen LogP contribution in [0.15, 0.2) is 18.2 Å². The van der Waals surface area contributed by atoms with Crippen LogP contribution in [-0.4, -0.2) is 29.2 Å². The normalized spacial score (nSPS) is 18.6. The predicted octanol–water partition coefficient (Wildman–Crippen LogP) is 3.21. The second kappa shape index (κ2) is 6.88. The first kappa shape index (κ1) is 15.7. The minimum atomic E-state index is 0.105. The molecule has 0 spiro atoms. The fraction of sp³-hybridized carbons (Fsp3) is 0.556. The van der Waals surface area contributed by atoms with E-state index in [1.54, 1.807) is 6.92 Å². The second-order valence-corrected chi connectivity index (χ2v) is 6.25. The third kappa shape index (κ3) is 4.16. The van der Waals surface area contributed by atoms with Gasteiger partial charge in [-0.15, -0.1) is 0 Å². The third-order valence-corrected chi connectivity index (χ3v) is 4.32. The van der Waals surface area contributed by atoms with Gasteiger partial charge < -0.3 is 4.90 Å². The molecule has 1 aromatic carbocycles. The standard InChI is InChI=1S/C18H25NO2/c1-13-7-8-14(2)16(10-13)12-18(21)19-9-5-4-6-17(19)11-15(3)20/h7-8,10,17H,4-6,9,11-12H2,1-3H3. The first-order valence-electron chi connectivity index (χ1n) is 7.82. The number of ketones is 1. The summed E-state index contributed by atoms with van der Waals surface area (Å²) in [6.07, 6.45) is 4.07. The molecule has 114 valence electrons. The lowest BCUT2D eigenvalue weighted by Crippen LogP contribution is -2.45. The van der Waals surface area contributed by atoms with Gasteiger partial charge in [0.25, 0.3) is 0 Å². The second-order valence-electron chi connectivity index (χ2n) is 6.25. The van der Waals surface area contributed by atoms with Crippen LogP contribution in [0.5, 0.6) is 0 Å². The van der Waals surface area contributed by atoms with E-state index in [2.05, 4.69) is 18.2 Å². The van der Waals surface area contributed by atoms with Gasteiger partial charge in [-0.2, -0.15) is 0 Å². The van der Waals surface area contributed by atoms with E-state index in [1.165, 1.54) is 5.56 Å². The molecule has 1 amide bonds. The molecule has 21 heavy (non-hydrogen) atoms. The molecule has 0 aromatic heterocycles. The average molecular weight is 287 g/mol. The highest BCUT2D eigenvalue weighted by atomic mass is 16.2. The fourth-order valence-corrected chi connectivity index (χ4v) is 3.13. The van der Waals surface area contributed by atoms with Crippen LogP contribution in [0.2, 0.25) is 0 Å². The van der Waals surface area contributed by atoms with Gasteiger partial charge in [0.1, 0.15) is 5.78 Å². The quantitative estimate of drug-likeness (QED) is 0.852. The molecule has 1 aliphatic rings. The number of carbonyl (C=O) groups excluding carboxylic acids is 2. The Morgan fingerprint density at radius 2 is 2.00 bits per heavy atom. The zero-order valence-electron chi connectivity index (χ0n) is 13.3. The lowest BCUT2D eigenvalue weighted by Gasteiger charge is -2.35. The molecule has 1 aromatic rings. The van der Waals surface area contributed by atoms with Crippen LogP contribution in [0.25, 0.3) is 0 Å². The monoisotopic (exact) mass is 287 g/mol. The number of aryl methyl sites for hydroxylation is 2. The van der Waals surface area contributed by atoms with Crippen LogP contribution in [0, 0.1) is 13.8 Å². The number of Topliss-reactive ketones (excluding diaryl/α,β-unsaturated/α-hetero) is 1. The Bertz CT molecular complexity index is 536. The van der Waals surface area contributed by atoms with Crippen LogP contribution >= 0.6 is 0 Å². The summed E-state index contributed by atoms with van der Waals surface area (Å²) in [5.41, 5.74) is 3.45. The summed E-state index contributed by atoms with van der Waals surface area (Å²) in [5, 5.41) is 0. The average Bonchev–Trinajstić information content (AvgIpc) is 2.42. The molecular weight excluding hydrogens is 262 g/mol. The van der Waals surface area contributed by atoms with Crippen molar-refractivity contribution in [1.82, 2.24) is 4.90 Å². The number of likely N-dealkylation sites (tertiary alicyclic amines) is 1. The number of nitrogens with zero attached hydrogens (tertiary/aromatic N) is 1. The van der Waals surface area contributed by atoms with E-state index in [0.29, 0.717) is 12.8 Å². The zero-order valence-corrected chi connectivity index (χ0v) is 13.3. The molecule has 1 saturated heterocycles. The number of benzene rings is 1. The first-order valence-corrected chi connectivity index (χ1v) is 7.82. The molecule has 3 heteroatoms. The molecule has 1 aliphatic heterocycles. The molecule has 0 aliphatic carbocycles. The van der Waals surface area contributed by atoms with Crippen molar-refractivity contribution in [2.24, 2.45) is 0 Å². The maximum absolute atomic E-state index is 12.6. The van der Waals surface area contributed by atoms with Gasteiger partial charge in [-0.1, -0.05) is 23.8 Å². The number of hydrogen-bond donors (Lipinski definition) is 0. The van der Waals surface area contributed by atoms with Crippen molar-refractivity contribution in [3.63, 3.8) is 0 Å². The number of rotatable bonds is 4. The molecule has 0 N–H and O–H groups in total. The highest BCUT2D eigenvalue weighted by Crippen LogP contribution is 2.22. The van der Waals surface area contributed by atoms with Gasteiger partial charge in [0.2, 0.25) is 5.91 Å². The Labute approximate surface area is 127 Å². The van der Waals surface area contributed by atoms with Gasteiger partial charge in [-0.25, -0.2) is 0 Å². The minimum Gasteiger partial charge on any atom is -0.339 e. The van der Waals surface area contributed by atoms with Crippen LogP contribution in [0.4, 0.5) is 0 Å². The molecule has 0 bridgehead atoms. The fourth-order valence-electron chi connectivity index (χ4n) is 3.13. The Hall–Kier alpha value is -1.64. The van der Waals surface area contributed by atoms with Crippen molar-refractivity contribution in [3.8, 4) is 0 Å². The zero-order chi connectivity index (χ0) is 15.4. The van der Waals surface area contributed by atoms with Gasteiger partial charge in [0, 0.05) is 19.0 Å². The Morgan fingerprint density at radius 1 is 1.24 bits per heavy atom. The van der Waals surface area contributed by atoms with E-state index in [0.717, 1.165) is 36.9 Å². The Balaban J connectivity index is 2.10. The van der Waals surface area contributed by atoms with Gasteiger partial charge >= 0.3 is 0 Å². The first-order chi connectivity index (χ1) is 9.97. The summed E-state index contributed by atoms with van der Waals surface area (Å²) >= 11 is 0. The molecular formula is C18H25NO2. The highest BCUT2D eigenvalue weighted by molar-refractivity contribution is 5.81. The van der Waals surface area contributed by atoms with Crippen LogP contribution in [0.1, 0.15) is 49.3 Å². The van der Waals surface area contributed by atoms with E-state index in [1.807, 2.05) is 18.7 Å². The molecule has 1 heterocycles. The summed E-state index contributed by atoms with van der Waals surface area (Å²) in [5.74, 6) is 0.334. The third-order valence-electron chi connectivity index (χ3n) is 4.32. The van der Waals surface area contributed by atoms with E-state index < -0.39 is 0 Å². The van der Waals surface area contributed by atoms with Crippen molar-refractivity contribution < 1.29 is 9.59 Å². The highest BCUT2D eigenvalue weighted by Gasteiger charge is 2.27. The topological polar surface area (TPSA) is 37.4 Å². The molecule has 1 unspecified atom stereocenters.